The second-order valence-electron chi connectivity index (χ2n) is 5.60. The molecular weight excluding hydrogens is 308 g/mol. The van der Waals surface area contributed by atoms with Gasteiger partial charge in [-0.3, -0.25) is 4.57 Å². The first-order valence-corrected chi connectivity index (χ1v) is 10.6. The van der Waals surface area contributed by atoms with E-state index in [0.29, 0.717) is 6.73 Å². The van der Waals surface area contributed by atoms with Gasteiger partial charge >= 0.3 is 0 Å². The molecule has 0 atom stereocenters. The van der Waals surface area contributed by atoms with Gasteiger partial charge in [0.15, 0.2) is 6.20 Å². The molecule has 2 heterocycles. The van der Waals surface area contributed by atoms with Gasteiger partial charge in [0, 0.05) is 36.8 Å². The van der Waals surface area contributed by atoms with Gasteiger partial charge in [-0.2, -0.15) is 0 Å². The van der Waals surface area contributed by atoms with E-state index in [2.05, 4.69) is 46.8 Å². The van der Waals surface area contributed by atoms with Crippen LogP contribution in [0.4, 0.5) is 0 Å². The summed E-state index contributed by atoms with van der Waals surface area (Å²) in [5, 5.41) is 1.10. The molecule has 0 aliphatic carbocycles. The number of halogens is 1. The molecule has 0 radical (unpaired) electrons. The third kappa shape index (κ3) is 3.39. The van der Waals surface area contributed by atoms with E-state index in [1.54, 1.807) is 0 Å². The van der Waals surface area contributed by atoms with Crippen molar-refractivity contribution in [2.45, 2.75) is 32.4 Å². The highest BCUT2D eigenvalue weighted by Crippen LogP contribution is 2.08. The highest BCUT2D eigenvalue weighted by Gasteiger charge is 2.14. The van der Waals surface area contributed by atoms with Crippen LogP contribution in [-0.4, -0.2) is 19.2 Å². The van der Waals surface area contributed by atoms with Gasteiger partial charge in [-0.25, -0.2) is 0 Å². The Balaban J connectivity index is 2.00. The van der Waals surface area contributed by atoms with E-state index in [-0.39, 0.29) is 0 Å². The van der Waals surface area contributed by atoms with Crippen molar-refractivity contribution in [2.75, 3.05) is 6.61 Å². The Morgan fingerprint density at radius 3 is 2.94 bits per heavy atom. The molecule has 0 fully saturated rings. The fraction of sp³-hybridized carbons (Fsp3) is 0.462. The van der Waals surface area contributed by atoms with Crippen LogP contribution in [-0.2, 0) is 11.5 Å². The van der Waals surface area contributed by atoms with Crippen molar-refractivity contribution in [1.29, 1.82) is 0 Å². The molecule has 1 aliphatic rings. The molecule has 1 aromatic heterocycles. The fourth-order valence-electron chi connectivity index (χ4n) is 1.65. The number of hydrogen-bond donors (Lipinski definition) is 0. The van der Waals surface area contributed by atoms with Crippen LogP contribution in [0.2, 0.25) is 25.7 Å². The Kier molecular flexibility index (Phi) is 4.17. The van der Waals surface area contributed by atoms with Gasteiger partial charge in [0.05, 0.1) is 0 Å². The van der Waals surface area contributed by atoms with Crippen LogP contribution in [0.5, 0.6) is 0 Å². The maximum atomic E-state index is 5.73. The van der Waals surface area contributed by atoms with Gasteiger partial charge in [0.2, 0.25) is 0 Å². The van der Waals surface area contributed by atoms with Crippen molar-refractivity contribution in [3.8, 4) is 0 Å². The molecule has 18 heavy (non-hydrogen) atoms. The normalized spacial score (nSPS) is 14.1. The van der Waals surface area contributed by atoms with Crippen LogP contribution < -0.4 is 10.7 Å². The van der Waals surface area contributed by atoms with Crippen LogP contribution in [0, 0.1) is 6.20 Å². The number of allylic oxidation sites excluding steroid dienone is 1. The van der Waals surface area contributed by atoms with Crippen molar-refractivity contribution in [3.05, 3.63) is 35.2 Å². The summed E-state index contributed by atoms with van der Waals surface area (Å²) in [4.78, 5) is 4.27. The largest absolute Gasteiger partial charge is 0.360 e. The van der Waals surface area contributed by atoms with Crippen LogP contribution in [0.15, 0.2) is 23.3 Å². The summed E-state index contributed by atoms with van der Waals surface area (Å²) in [5.41, 5.74) is 0.914. The average molecular weight is 326 g/mol. The van der Waals surface area contributed by atoms with Crippen molar-refractivity contribution in [1.82, 2.24) is 4.57 Å². The first-order valence-electron chi connectivity index (χ1n) is 6.06. The van der Waals surface area contributed by atoms with E-state index in [0.717, 1.165) is 21.8 Å². The van der Waals surface area contributed by atoms with Gasteiger partial charge in [0.1, 0.15) is 22.5 Å². The Morgan fingerprint density at radius 1 is 1.44 bits per heavy atom. The zero-order valence-corrected chi connectivity index (χ0v) is 13.6. The highest BCUT2D eigenvalue weighted by molar-refractivity contribution is 9.15. The minimum Gasteiger partial charge on any atom is -0.360 e. The lowest BCUT2D eigenvalue weighted by atomic mass is 10.4. The Morgan fingerprint density at radius 2 is 2.22 bits per heavy atom. The third-order valence-corrected chi connectivity index (χ3v) is 5.14. The molecule has 96 valence electrons. The lowest BCUT2D eigenvalue weighted by molar-refractivity contribution is 0.0848. The summed E-state index contributed by atoms with van der Waals surface area (Å²) >= 11 is 3.50. The molecule has 1 aromatic rings. The van der Waals surface area contributed by atoms with Crippen molar-refractivity contribution in [3.63, 3.8) is 0 Å². The Hall–Kier alpha value is -0.743. The summed E-state index contributed by atoms with van der Waals surface area (Å²) in [7, 11) is -1.01. The molecule has 0 spiro atoms. The van der Waals surface area contributed by atoms with Crippen molar-refractivity contribution < 1.29 is 4.74 Å². The minimum atomic E-state index is -1.01. The maximum Gasteiger partial charge on any atom is 0.261 e. The molecule has 0 saturated heterocycles. The van der Waals surface area contributed by atoms with Crippen molar-refractivity contribution in [2.24, 2.45) is 4.99 Å². The second-order valence-corrected chi connectivity index (χ2v) is 12.1. The summed E-state index contributed by atoms with van der Waals surface area (Å²) in [6.45, 7) is 8.46. The molecule has 0 amide bonds. The summed E-state index contributed by atoms with van der Waals surface area (Å²) in [6, 6.07) is 3.23. The van der Waals surface area contributed by atoms with E-state index in [1.165, 1.54) is 6.04 Å². The predicted molar refractivity (Wildman–Crippen MR) is 79.5 cm³/mol. The molecule has 3 nitrogen and oxygen atoms in total. The van der Waals surface area contributed by atoms with E-state index in [1.807, 2.05) is 22.9 Å². The smallest absolute Gasteiger partial charge is 0.261 e. The van der Waals surface area contributed by atoms with E-state index in [9.17, 15) is 0 Å². The molecule has 2 rings (SSSR count). The summed E-state index contributed by atoms with van der Waals surface area (Å²) < 4.78 is 8.77. The monoisotopic (exact) mass is 325 g/mol. The highest BCUT2D eigenvalue weighted by atomic mass is 79.9. The second kappa shape index (κ2) is 5.49. The lowest BCUT2D eigenvalue weighted by Crippen LogP contribution is -2.32. The number of nitrogens with zero attached hydrogens (tertiary/aromatic N) is 2. The maximum absolute atomic E-state index is 5.73. The van der Waals surface area contributed by atoms with E-state index >= 15 is 0 Å². The van der Waals surface area contributed by atoms with E-state index in [4.69, 9.17) is 4.74 Å². The molecule has 0 unspecified atom stereocenters. The summed E-state index contributed by atoms with van der Waals surface area (Å²) in [6.07, 6.45) is 6.72. The average Bonchev–Trinajstić information content (AvgIpc) is 2.68. The van der Waals surface area contributed by atoms with Gasteiger partial charge in [-0.05, 0) is 17.1 Å². The van der Waals surface area contributed by atoms with Crippen LogP contribution in [0.3, 0.4) is 0 Å². The quantitative estimate of drug-likeness (QED) is 0.463. The Labute approximate surface area is 117 Å². The standard InChI is InChI=1S/C13H18BrN2OSi/c1-18(2,3)9-8-17-10-16-7-5-11-12(14)4-6-15-13(11)16/h4-5,7H,8-10H2,1-3H3/q+1. The van der Waals surface area contributed by atoms with Gasteiger partial charge in [-0.15, -0.1) is 0 Å². The molecule has 0 aromatic carbocycles. The van der Waals surface area contributed by atoms with E-state index < -0.39 is 8.07 Å². The Bertz CT molecular complexity index is 569. The number of hydrogen-bond acceptors (Lipinski definition) is 2. The molecule has 0 saturated carbocycles. The molecular formula is C13H18BrN2OSi+. The van der Waals surface area contributed by atoms with Gasteiger partial charge in [-0.1, -0.05) is 19.6 Å². The topological polar surface area (TPSA) is 26.5 Å². The number of rotatable bonds is 5. The predicted octanol–water partition coefficient (Wildman–Crippen LogP) is 2.25. The van der Waals surface area contributed by atoms with Crippen molar-refractivity contribution >= 4 is 28.5 Å². The van der Waals surface area contributed by atoms with Crippen LogP contribution >= 0.6 is 15.9 Å². The zero-order chi connectivity index (χ0) is 13.2. The van der Waals surface area contributed by atoms with Crippen LogP contribution in [0.1, 0.15) is 0 Å². The van der Waals surface area contributed by atoms with Gasteiger partial charge < -0.3 is 4.74 Å². The lowest BCUT2D eigenvalue weighted by Gasteiger charge is -2.15. The third-order valence-electron chi connectivity index (χ3n) is 2.78. The number of fused-ring (bicyclic) bond motifs is 1. The van der Waals surface area contributed by atoms with Crippen LogP contribution in [0.25, 0.3) is 4.48 Å². The fourth-order valence-corrected chi connectivity index (χ4v) is 2.82. The SMILES string of the molecule is C[Si](C)(C)CCOCn1ccc2c1=N[C+]=CC=2Br. The summed E-state index contributed by atoms with van der Waals surface area (Å²) in [5.74, 6) is 0. The number of ether oxygens (including phenoxy) is 1. The number of aromatic nitrogens is 1. The van der Waals surface area contributed by atoms with Gasteiger partial charge in [0.25, 0.3) is 5.49 Å². The molecule has 1 aliphatic heterocycles. The first kappa shape index (κ1) is 13.7. The molecule has 0 N–H and O–H groups in total. The minimum absolute atomic E-state index is 0.561. The molecule has 0 bridgehead atoms. The first-order chi connectivity index (χ1) is 8.47. The molecule has 5 heteroatoms. The zero-order valence-electron chi connectivity index (χ0n) is 11.0.